The number of halogens is 1. The Morgan fingerprint density at radius 2 is 2.07 bits per heavy atom. The van der Waals surface area contributed by atoms with Crippen LogP contribution in [0, 0.1) is 5.82 Å². The Kier molecular flexibility index (Phi) is 5.63. The van der Waals surface area contributed by atoms with E-state index in [1.54, 1.807) is 4.57 Å². The molecular formula is C20H24FN3O6. The third-order valence-electron chi connectivity index (χ3n) is 5.48. The number of ether oxygens (including phenoxy) is 2. The minimum Gasteiger partial charge on any atom is -0.487 e. The number of hydrogen-bond donors (Lipinski definition) is 3. The fourth-order valence-corrected chi connectivity index (χ4v) is 3.89. The second-order valence-electron chi connectivity index (χ2n) is 7.50. The number of esters is 1. The number of aliphatic hydroxyl groups is 2. The number of nitrogens with zero attached hydrogens (tertiary/aromatic N) is 2. The maximum atomic E-state index is 15.2. The number of aromatic nitrogens is 1. The Balaban J connectivity index is 1.89. The van der Waals surface area contributed by atoms with E-state index in [-0.39, 0.29) is 23.6 Å². The SMILES string of the molecule is CC1COc2c(N3CCNCC3)c(F)cc3c(=O)c(C(=O)OC(CO)CO)cn1c23. The molecule has 30 heavy (non-hydrogen) atoms. The standard InChI is InChI=1S/C20H24FN3O6/c1-11-10-29-19-16-13(6-15(21)17(19)23-4-2-22-3-5-23)18(27)14(7-24(11)16)20(28)30-12(8-25)9-26/h6-7,11-12,22,25-26H,2-5,8-10H2,1H3. The quantitative estimate of drug-likeness (QED) is 0.579. The van der Waals surface area contributed by atoms with Crippen LogP contribution in [0.15, 0.2) is 17.1 Å². The lowest BCUT2D eigenvalue weighted by molar-refractivity contribution is -0.00563. The summed E-state index contributed by atoms with van der Waals surface area (Å²) in [6.07, 6.45) is 0.242. The van der Waals surface area contributed by atoms with Crippen molar-refractivity contribution in [1.82, 2.24) is 9.88 Å². The van der Waals surface area contributed by atoms with Crippen molar-refractivity contribution >= 4 is 22.6 Å². The molecule has 10 heteroatoms. The van der Waals surface area contributed by atoms with Crippen LogP contribution in [-0.2, 0) is 4.74 Å². The van der Waals surface area contributed by atoms with Crippen LogP contribution in [0.1, 0.15) is 23.3 Å². The van der Waals surface area contributed by atoms with Crippen LogP contribution in [0.4, 0.5) is 10.1 Å². The number of aliphatic hydroxyl groups excluding tert-OH is 2. The maximum Gasteiger partial charge on any atom is 0.344 e. The maximum absolute atomic E-state index is 15.2. The lowest BCUT2D eigenvalue weighted by Gasteiger charge is -2.34. The molecule has 1 aromatic heterocycles. The second-order valence-corrected chi connectivity index (χ2v) is 7.50. The van der Waals surface area contributed by atoms with E-state index in [0.29, 0.717) is 43.1 Å². The van der Waals surface area contributed by atoms with Gasteiger partial charge in [-0.05, 0) is 13.0 Å². The van der Waals surface area contributed by atoms with Gasteiger partial charge >= 0.3 is 5.97 Å². The van der Waals surface area contributed by atoms with Crippen LogP contribution in [-0.4, -0.2) is 72.9 Å². The van der Waals surface area contributed by atoms with E-state index in [0.717, 1.165) is 6.07 Å². The number of carbonyl (C=O) groups is 1. The molecule has 2 aromatic rings. The molecule has 4 rings (SSSR count). The van der Waals surface area contributed by atoms with Gasteiger partial charge in [-0.25, -0.2) is 9.18 Å². The summed E-state index contributed by atoms with van der Waals surface area (Å²) in [5.41, 5.74) is -0.222. The normalized spacial score (nSPS) is 18.6. The molecule has 2 aliphatic rings. The van der Waals surface area contributed by atoms with Crippen LogP contribution >= 0.6 is 0 Å². The van der Waals surface area contributed by atoms with Crippen molar-refractivity contribution in [3.05, 3.63) is 33.9 Å². The van der Waals surface area contributed by atoms with Gasteiger partial charge in [-0.3, -0.25) is 4.79 Å². The van der Waals surface area contributed by atoms with Gasteiger partial charge in [-0.2, -0.15) is 0 Å². The zero-order chi connectivity index (χ0) is 21.4. The Morgan fingerprint density at radius 1 is 1.37 bits per heavy atom. The molecule has 3 heterocycles. The summed E-state index contributed by atoms with van der Waals surface area (Å²) in [6, 6.07) is 0.933. The highest BCUT2D eigenvalue weighted by Gasteiger charge is 2.31. The summed E-state index contributed by atoms with van der Waals surface area (Å²) < 4.78 is 27.8. The molecule has 0 aliphatic carbocycles. The molecule has 3 N–H and O–H groups in total. The van der Waals surface area contributed by atoms with Gasteiger partial charge in [0.2, 0.25) is 5.43 Å². The Bertz CT molecular complexity index is 1030. The minimum atomic E-state index is -1.14. The summed E-state index contributed by atoms with van der Waals surface area (Å²) in [7, 11) is 0. The smallest absolute Gasteiger partial charge is 0.344 e. The molecule has 0 saturated carbocycles. The largest absolute Gasteiger partial charge is 0.487 e. The Morgan fingerprint density at radius 3 is 2.73 bits per heavy atom. The minimum absolute atomic E-state index is 0.0203. The molecule has 1 unspecified atom stereocenters. The first-order valence-corrected chi connectivity index (χ1v) is 9.88. The highest BCUT2D eigenvalue weighted by molar-refractivity contribution is 5.98. The van der Waals surface area contributed by atoms with E-state index in [9.17, 15) is 9.59 Å². The van der Waals surface area contributed by atoms with E-state index >= 15 is 4.39 Å². The van der Waals surface area contributed by atoms with Crippen molar-refractivity contribution in [2.75, 3.05) is 50.9 Å². The van der Waals surface area contributed by atoms with Gasteiger partial charge < -0.3 is 34.5 Å². The van der Waals surface area contributed by atoms with Crippen molar-refractivity contribution < 1.29 is 28.9 Å². The number of piperazine rings is 1. The number of rotatable bonds is 5. The predicted octanol–water partition coefficient (Wildman–Crippen LogP) is 0.0136. The third-order valence-corrected chi connectivity index (χ3v) is 5.48. The van der Waals surface area contributed by atoms with E-state index in [1.807, 2.05) is 11.8 Å². The second kappa shape index (κ2) is 8.21. The molecule has 0 bridgehead atoms. The molecule has 1 fully saturated rings. The Labute approximate surface area is 171 Å². The average molecular weight is 421 g/mol. The van der Waals surface area contributed by atoms with Gasteiger partial charge in [0.05, 0.1) is 30.2 Å². The molecule has 1 aromatic carbocycles. The zero-order valence-corrected chi connectivity index (χ0v) is 16.6. The van der Waals surface area contributed by atoms with Crippen molar-refractivity contribution in [2.24, 2.45) is 0 Å². The van der Waals surface area contributed by atoms with E-state index in [2.05, 4.69) is 5.32 Å². The van der Waals surface area contributed by atoms with Gasteiger partial charge in [-0.1, -0.05) is 0 Å². The lowest BCUT2D eigenvalue weighted by atomic mass is 10.1. The van der Waals surface area contributed by atoms with E-state index < -0.39 is 36.5 Å². The van der Waals surface area contributed by atoms with Gasteiger partial charge in [0, 0.05) is 32.4 Å². The molecule has 1 saturated heterocycles. The third kappa shape index (κ3) is 3.40. The highest BCUT2D eigenvalue weighted by Crippen LogP contribution is 2.41. The van der Waals surface area contributed by atoms with Crippen LogP contribution in [0.3, 0.4) is 0 Å². The molecule has 0 spiro atoms. The van der Waals surface area contributed by atoms with Crippen LogP contribution in [0.25, 0.3) is 10.9 Å². The number of nitrogens with one attached hydrogen (secondary N) is 1. The highest BCUT2D eigenvalue weighted by atomic mass is 19.1. The van der Waals surface area contributed by atoms with Gasteiger partial charge in [0.25, 0.3) is 0 Å². The van der Waals surface area contributed by atoms with Crippen LogP contribution in [0.5, 0.6) is 5.75 Å². The molecule has 9 nitrogen and oxygen atoms in total. The summed E-state index contributed by atoms with van der Waals surface area (Å²) in [6.45, 7) is 3.57. The number of hydrogen-bond acceptors (Lipinski definition) is 8. The van der Waals surface area contributed by atoms with Crippen molar-refractivity contribution in [3.8, 4) is 5.75 Å². The van der Waals surface area contributed by atoms with Gasteiger partial charge in [0.15, 0.2) is 11.6 Å². The lowest BCUT2D eigenvalue weighted by Crippen LogP contribution is -2.44. The van der Waals surface area contributed by atoms with Gasteiger partial charge in [0.1, 0.15) is 24.0 Å². The van der Waals surface area contributed by atoms with Crippen molar-refractivity contribution in [2.45, 2.75) is 19.1 Å². The monoisotopic (exact) mass is 421 g/mol. The first-order chi connectivity index (χ1) is 14.5. The fourth-order valence-electron chi connectivity index (χ4n) is 3.89. The summed E-state index contributed by atoms with van der Waals surface area (Å²) in [5, 5.41) is 21.5. The predicted molar refractivity (Wildman–Crippen MR) is 107 cm³/mol. The molecule has 0 radical (unpaired) electrons. The first kappa shape index (κ1) is 20.6. The zero-order valence-electron chi connectivity index (χ0n) is 16.6. The number of carbonyl (C=O) groups excluding carboxylic acids is 1. The number of anilines is 1. The summed E-state index contributed by atoms with van der Waals surface area (Å²) in [4.78, 5) is 27.4. The fraction of sp³-hybridized carbons (Fsp3) is 0.500. The van der Waals surface area contributed by atoms with Crippen molar-refractivity contribution in [3.63, 3.8) is 0 Å². The number of pyridine rings is 1. The first-order valence-electron chi connectivity index (χ1n) is 9.88. The summed E-state index contributed by atoms with van der Waals surface area (Å²) >= 11 is 0. The van der Waals surface area contributed by atoms with E-state index in [1.165, 1.54) is 6.20 Å². The summed E-state index contributed by atoms with van der Waals surface area (Å²) in [5.74, 6) is -1.28. The Hall–Kier alpha value is -2.69. The molecule has 1 atom stereocenters. The molecule has 2 aliphatic heterocycles. The van der Waals surface area contributed by atoms with Crippen LogP contribution in [0.2, 0.25) is 0 Å². The van der Waals surface area contributed by atoms with Crippen molar-refractivity contribution in [1.29, 1.82) is 0 Å². The van der Waals surface area contributed by atoms with Gasteiger partial charge in [-0.15, -0.1) is 0 Å². The number of benzene rings is 1. The van der Waals surface area contributed by atoms with Crippen LogP contribution < -0.4 is 20.4 Å². The molecular weight excluding hydrogens is 397 g/mol. The topological polar surface area (TPSA) is 113 Å². The molecule has 162 valence electrons. The van der Waals surface area contributed by atoms with E-state index in [4.69, 9.17) is 19.7 Å². The molecule has 0 amide bonds. The average Bonchev–Trinajstić information content (AvgIpc) is 2.76.